The maximum Gasteiger partial charge on any atom is 0.242 e. The summed E-state index contributed by atoms with van der Waals surface area (Å²) in [7, 11) is 3.38. The van der Waals surface area contributed by atoms with Crippen LogP contribution in [0.15, 0.2) is 12.7 Å². The quantitative estimate of drug-likeness (QED) is 0.806. The number of nitrogens with two attached hydrogens (primary N) is 1. The molecule has 1 unspecified atom stereocenters. The van der Waals surface area contributed by atoms with E-state index in [-0.39, 0.29) is 6.04 Å². The van der Waals surface area contributed by atoms with E-state index in [1.807, 2.05) is 18.5 Å². The summed E-state index contributed by atoms with van der Waals surface area (Å²) in [4.78, 5) is 8.00. The summed E-state index contributed by atoms with van der Waals surface area (Å²) in [5, 5.41) is 11.0. The van der Waals surface area contributed by atoms with Gasteiger partial charge in [-0.05, 0) is 6.92 Å². The van der Waals surface area contributed by atoms with E-state index in [1.54, 1.807) is 6.33 Å². The van der Waals surface area contributed by atoms with Crippen LogP contribution in [0, 0.1) is 0 Å². The van der Waals surface area contributed by atoms with E-state index in [0.717, 1.165) is 5.82 Å². The van der Waals surface area contributed by atoms with Crippen molar-refractivity contribution in [2.45, 2.75) is 13.0 Å². The molecule has 1 atom stereocenters. The molecule has 96 valence electrons. The predicted octanol–water partition coefficient (Wildman–Crippen LogP) is 0.369. The van der Waals surface area contributed by atoms with Gasteiger partial charge in [0.2, 0.25) is 5.88 Å². The average Bonchev–Trinajstić information content (AvgIpc) is 2.78. The maximum absolute atomic E-state index is 5.88. The van der Waals surface area contributed by atoms with E-state index in [1.165, 1.54) is 13.4 Å². The highest BCUT2D eigenvalue weighted by Crippen LogP contribution is 2.26. The zero-order chi connectivity index (χ0) is 13.1. The first-order valence-corrected chi connectivity index (χ1v) is 5.38. The van der Waals surface area contributed by atoms with E-state index >= 15 is 0 Å². The molecule has 8 nitrogen and oxygen atoms in total. The Morgan fingerprint density at radius 3 is 2.83 bits per heavy atom. The number of nitrogen functional groups attached to an aromatic ring is 1. The lowest BCUT2D eigenvalue weighted by molar-refractivity contribution is 0.399. The number of ether oxygens (including phenoxy) is 1. The second kappa shape index (κ2) is 4.86. The van der Waals surface area contributed by atoms with Crippen molar-refractivity contribution in [3.05, 3.63) is 18.5 Å². The minimum atomic E-state index is -0.0839. The number of methoxy groups -OCH3 is 1. The highest BCUT2D eigenvalue weighted by Gasteiger charge is 2.15. The first kappa shape index (κ1) is 12.1. The Kier molecular flexibility index (Phi) is 3.26. The Morgan fingerprint density at radius 2 is 2.22 bits per heavy atom. The lowest BCUT2D eigenvalue weighted by Gasteiger charge is -2.15. The normalized spacial score (nSPS) is 12.2. The fourth-order valence-corrected chi connectivity index (χ4v) is 1.61. The van der Waals surface area contributed by atoms with Gasteiger partial charge in [0.25, 0.3) is 0 Å². The smallest absolute Gasteiger partial charge is 0.242 e. The van der Waals surface area contributed by atoms with Crippen LogP contribution in [0.1, 0.15) is 18.8 Å². The van der Waals surface area contributed by atoms with Crippen molar-refractivity contribution in [3.8, 4) is 5.88 Å². The molecular formula is C10H15N7O. The summed E-state index contributed by atoms with van der Waals surface area (Å²) in [6, 6.07) is -0.0839. The summed E-state index contributed by atoms with van der Waals surface area (Å²) in [6.07, 6.45) is 3.03. The number of nitrogens with zero attached hydrogens (tertiary/aromatic N) is 5. The molecule has 0 radical (unpaired) electrons. The largest absolute Gasteiger partial charge is 0.479 e. The number of rotatable bonds is 4. The van der Waals surface area contributed by atoms with Gasteiger partial charge in [0.15, 0.2) is 11.6 Å². The van der Waals surface area contributed by atoms with Gasteiger partial charge in [-0.2, -0.15) is 4.98 Å². The molecule has 18 heavy (non-hydrogen) atoms. The van der Waals surface area contributed by atoms with E-state index in [0.29, 0.717) is 17.4 Å². The van der Waals surface area contributed by atoms with Crippen LogP contribution in [-0.4, -0.2) is 31.8 Å². The van der Waals surface area contributed by atoms with Crippen LogP contribution in [-0.2, 0) is 7.05 Å². The van der Waals surface area contributed by atoms with Crippen molar-refractivity contribution >= 4 is 11.5 Å². The fourth-order valence-electron chi connectivity index (χ4n) is 1.61. The zero-order valence-corrected chi connectivity index (χ0v) is 10.5. The van der Waals surface area contributed by atoms with Crippen molar-refractivity contribution in [1.29, 1.82) is 0 Å². The molecule has 2 aromatic heterocycles. The first-order valence-electron chi connectivity index (χ1n) is 5.38. The van der Waals surface area contributed by atoms with E-state index in [2.05, 4.69) is 25.5 Å². The molecule has 0 saturated carbocycles. The molecular weight excluding hydrogens is 234 g/mol. The Morgan fingerprint density at radius 1 is 1.44 bits per heavy atom. The lowest BCUT2D eigenvalue weighted by atomic mass is 10.3. The van der Waals surface area contributed by atoms with Crippen molar-refractivity contribution < 1.29 is 4.74 Å². The van der Waals surface area contributed by atoms with E-state index in [4.69, 9.17) is 10.5 Å². The van der Waals surface area contributed by atoms with Crippen LogP contribution in [0.3, 0.4) is 0 Å². The van der Waals surface area contributed by atoms with Gasteiger partial charge in [-0.3, -0.25) is 0 Å². The van der Waals surface area contributed by atoms with Gasteiger partial charge in [0.1, 0.15) is 18.3 Å². The average molecular weight is 249 g/mol. The lowest BCUT2D eigenvalue weighted by Crippen LogP contribution is -2.14. The molecule has 2 rings (SSSR count). The van der Waals surface area contributed by atoms with Crippen molar-refractivity contribution in [3.63, 3.8) is 0 Å². The molecule has 0 aliphatic heterocycles. The van der Waals surface area contributed by atoms with Crippen LogP contribution in [0.25, 0.3) is 0 Å². The number of aromatic nitrogens is 5. The van der Waals surface area contributed by atoms with Gasteiger partial charge in [0, 0.05) is 7.05 Å². The summed E-state index contributed by atoms with van der Waals surface area (Å²) in [5.41, 5.74) is 6.25. The molecule has 0 aromatic carbocycles. The summed E-state index contributed by atoms with van der Waals surface area (Å²) >= 11 is 0. The van der Waals surface area contributed by atoms with Gasteiger partial charge in [-0.1, -0.05) is 0 Å². The van der Waals surface area contributed by atoms with Crippen LogP contribution in [0.2, 0.25) is 0 Å². The van der Waals surface area contributed by atoms with Gasteiger partial charge >= 0.3 is 0 Å². The Balaban J connectivity index is 2.22. The summed E-state index contributed by atoms with van der Waals surface area (Å²) in [6.45, 7) is 1.94. The molecule has 0 amide bonds. The minimum absolute atomic E-state index is 0.0839. The molecule has 0 aliphatic carbocycles. The van der Waals surface area contributed by atoms with Gasteiger partial charge in [0.05, 0.1) is 13.2 Å². The molecule has 0 saturated heterocycles. The fraction of sp³-hybridized carbons (Fsp3) is 0.400. The molecule has 0 spiro atoms. The van der Waals surface area contributed by atoms with Crippen molar-refractivity contribution in [2.24, 2.45) is 7.05 Å². The van der Waals surface area contributed by atoms with Crippen LogP contribution in [0.4, 0.5) is 11.5 Å². The highest BCUT2D eigenvalue weighted by molar-refractivity contribution is 5.66. The first-order chi connectivity index (χ1) is 8.63. The highest BCUT2D eigenvalue weighted by atomic mass is 16.5. The van der Waals surface area contributed by atoms with E-state index in [9.17, 15) is 0 Å². The topological polar surface area (TPSA) is 104 Å². The molecule has 2 aromatic rings. The number of aryl methyl sites for hydroxylation is 1. The third-order valence-electron chi connectivity index (χ3n) is 2.53. The second-order valence-corrected chi connectivity index (χ2v) is 3.81. The predicted molar refractivity (Wildman–Crippen MR) is 66.0 cm³/mol. The molecule has 0 bridgehead atoms. The molecule has 3 N–H and O–H groups in total. The van der Waals surface area contributed by atoms with Crippen molar-refractivity contribution in [2.75, 3.05) is 18.2 Å². The monoisotopic (exact) mass is 249 g/mol. The van der Waals surface area contributed by atoms with Gasteiger partial charge in [-0.15, -0.1) is 10.2 Å². The SMILES string of the molecule is COc1ncnc(NC(C)c2nncn2C)c1N. The van der Waals surface area contributed by atoms with Crippen LogP contribution in [0.5, 0.6) is 5.88 Å². The van der Waals surface area contributed by atoms with E-state index < -0.39 is 0 Å². The standard InChI is InChI=1S/C10H15N7O/c1-6(9-16-14-5-17(9)2)15-8-7(11)10(18-3)13-4-12-8/h4-6H,11H2,1-3H3,(H,12,13,15). The summed E-state index contributed by atoms with van der Waals surface area (Å²) < 4.78 is 6.86. The number of nitrogens with one attached hydrogen (secondary N) is 1. The zero-order valence-electron chi connectivity index (χ0n) is 10.5. The second-order valence-electron chi connectivity index (χ2n) is 3.81. The van der Waals surface area contributed by atoms with Crippen LogP contribution < -0.4 is 15.8 Å². The van der Waals surface area contributed by atoms with Gasteiger partial charge in [-0.25, -0.2) is 4.98 Å². The van der Waals surface area contributed by atoms with Crippen LogP contribution >= 0.6 is 0 Å². The Labute approximate surface area is 104 Å². The maximum atomic E-state index is 5.88. The summed E-state index contributed by atoms with van der Waals surface area (Å²) in [5.74, 6) is 1.64. The molecule has 0 fully saturated rings. The number of hydrogen-bond acceptors (Lipinski definition) is 7. The van der Waals surface area contributed by atoms with Crippen molar-refractivity contribution in [1.82, 2.24) is 24.7 Å². The Hall–Kier alpha value is -2.38. The Bertz CT molecular complexity index is 539. The number of anilines is 2. The molecule has 0 aliphatic rings. The third-order valence-corrected chi connectivity index (χ3v) is 2.53. The third kappa shape index (κ3) is 2.17. The minimum Gasteiger partial charge on any atom is -0.479 e. The molecule has 2 heterocycles. The van der Waals surface area contributed by atoms with Gasteiger partial charge < -0.3 is 20.4 Å². The number of hydrogen-bond donors (Lipinski definition) is 2. The molecule has 8 heteroatoms.